The minimum Gasteiger partial charge on any atom is -0.450 e. The zero-order valence-electron chi connectivity index (χ0n) is 18.3. The van der Waals surface area contributed by atoms with Crippen LogP contribution in [0.4, 0.5) is 16.4 Å². The Morgan fingerprint density at radius 2 is 1.75 bits per heavy atom. The molecule has 1 aromatic heterocycles. The highest BCUT2D eigenvalue weighted by Gasteiger charge is 2.25. The van der Waals surface area contributed by atoms with Crippen molar-refractivity contribution in [1.82, 2.24) is 19.8 Å². The van der Waals surface area contributed by atoms with Gasteiger partial charge in [-0.2, -0.15) is 4.99 Å². The van der Waals surface area contributed by atoms with E-state index in [9.17, 15) is 4.79 Å². The number of aromatic nitrogens is 2. The predicted molar refractivity (Wildman–Crippen MR) is 130 cm³/mol. The van der Waals surface area contributed by atoms with Crippen molar-refractivity contribution in [2.75, 3.05) is 43.4 Å². The van der Waals surface area contributed by atoms with E-state index < -0.39 is 0 Å². The molecule has 1 saturated heterocycles. The monoisotopic (exact) mass is 475 g/mol. The van der Waals surface area contributed by atoms with Crippen LogP contribution in [0.1, 0.15) is 18.3 Å². The standard InChI is InChI=1S/C21H26ClN7O2S/c1-4-31-21(30)29-11-9-28(10-12-29)19(26-18-23-14(2)13-15(3)24-18)27-20(32)25-17-8-6-5-7-16(17)22/h5-8,13H,4,9-12H2,1-3H3,(H2,23,24,25,26,27,32). The van der Waals surface area contributed by atoms with Gasteiger partial charge < -0.3 is 19.9 Å². The second kappa shape index (κ2) is 11.1. The number of amides is 1. The van der Waals surface area contributed by atoms with Crippen LogP contribution >= 0.6 is 23.8 Å². The number of anilines is 2. The molecule has 9 nitrogen and oxygen atoms in total. The van der Waals surface area contributed by atoms with Gasteiger partial charge in [0.25, 0.3) is 0 Å². The number of para-hydroxylation sites is 1. The lowest BCUT2D eigenvalue weighted by molar-refractivity contribution is 0.0920. The average Bonchev–Trinajstić information content (AvgIpc) is 2.74. The Labute approximate surface area is 197 Å². The molecule has 11 heteroatoms. The number of nitrogens with zero attached hydrogens (tertiary/aromatic N) is 5. The van der Waals surface area contributed by atoms with Gasteiger partial charge in [-0.05, 0) is 51.2 Å². The van der Waals surface area contributed by atoms with Crippen LogP contribution in [0.3, 0.4) is 0 Å². The van der Waals surface area contributed by atoms with Gasteiger partial charge in [0.2, 0.25) is 17.0 Å². The Balaban J connectivity index is 1.79. The lowest BCUT2D eigenvalue weighted by Gasteiger charge is -2.35. The first-order chi connectivity index (χ1) is 15.4. The third-order valence-corrected chi connectivity index (χ3v) is 5.16. The van der Waals surface area contributed by atoms with Crippen LogP contribution in [-0.4, -0.2) is 69.7 Å². The molecule has 0 radical (unpaired) electrons. The number of carbonyl (C=O) groups excluding carboxylic acids is 1. The summed E-state index contributed by atoms with van der Waals surface area (Å²) in [6, 6.07) is 9.18. The van der Waals surface area contributed by atoms with E-state index in [0.717, 1.165) is 11.4 Å². The van der Waals surface area contributed by atoms with Crippen LogP contribution < -0.4 is 10.6 Å². The number of guanidine groups is 1. The molecule has 0 aliphatic carbocycles. The maximum atomic E-state index is 12.0. The van der Waals surface area contributed by atoms with Crippen molar-refractivity contribution in [1.29, 1.82) is 0 Å². The molecule has 2 aromatic rings. The molecule has 3 rings (SSSR count). The molecule has 1 aliphatic rings. The van der Waals surface area contributed by atoms with Gasteiger partial charge in [0.1, 0.15) is 0 Å². The minimum atomic E-state index is -0.313. The van der Waals surface area contributed by atoms with E-state index in [0.29, 0.717) is 55.4 Å². The summed E-state index contributed by atoms with van der Waals surface area (Å²) in [6.07, 6.45) is -0.313. The molecule has 32 heavy (non-hydrogen) atoms. The molecule has 1 aromatic carbocycles. The fraction of sp³-hybridized carbons (Fsp3) is 0.381. The van der Waals surface area contributed by atoms with E-state index in [-0.39, 0.29) is 11.2 Å². The quantitative estimate of drug-likeness (QED) is 0.394. The average molecular weight is 476 g/mol. The summed E-state index contributed by atoms with van der Waals surface area (Å²) in [5.74, 6) is 0.915. The number of carbonyl (C=O) groups is 1. The molecule has 0 spiro atoms. The third-order valence-electron chi connectivity index (χ3n) is 4.63. The predicted octanol–water partition coefficient (Wildman–Crippen LogP) is 3.69. The van der Waals surface area contributed by atoms with Crippen molar-refractivity contribution < 1.29 is 9.53 Å². The Hall–Kier alpha value is -2.98. The number of ether oxygens (including phenoxy) is 1. The molecule has 0 unspecified atom stereocenters. The highest BCUT2D eigenvalue weighted by atomic mass is 35.5. The third kappa shape index (κ3) is 6.51. The Morgan fingerprint density at radius 1 is 1.12 bits per heavy atom. The summed E-state index contributed by atoms with van der Waals surface area (Å²) in [6.45, 7) is 8.03. The number of aliphatic imine (C=N–C) groups is 1. The van der Waals surface area contributed by atoms with Crippen LogP contribution in [0.2, 0.25) is 5.02 Å². The molecule has 1 amide bonds. The zero-order chi connectivity index (χ0) is 23.1. The summed E-state index contributed by atoms with van der Waals surface area (Å²) in [7, 11) is 0. The van der Waals surface area contributed by atoms with E-state index in [1.54, 1.807) is 17.9 Å². The summed E-state index contributed by atoms with van der Waals surface area (Å²) in [4.78, 5) is 29.2. The highest BCUT2D eigenvalue weighted by molar-refractivity contribution is 7.80. The van der Waals surface area contributed by atoms with Gasteiger partial charge in [-0.3, -0.25) is 5.32 Å². The van der Waals surface area contributed by atoms with Crippen LogP contribution in [0.5, 0.6) is 0 Å². The molecule has 2 heterocycles. The Kier molecular flexibility index (Phi) is 8.18. The summed E-state index contributed by atoms with van der Waals surface area (Å²) in [5.41, 5.74) is 2.34. The first-order valence-corrected chi connectivity index (χ1v) is 11.0. The maximum Gasteiger partial charge on any atom is 0.409 e. The van der Waals surface area contributed by atoms with Crippen LogP contribution in [0.15, 0.2) is 35.3 Å². The zero-order valence-corrected chi connectivity index (χ0v) is 19.8. The van der Waals surface area contributed by atoms with Gasteiger partial charge in [0.15, 0.2) is 0 Å². The van der Waals surface area contributed by atoms with E-state index in [4.69, 9.17) is 28.6 Å². The molecule has 0 saturated carbocycles. The number of thiocarbonyl (C=S) groups is 1. The number of piperazine rings is 1. The number of halogens is 1. The molecule has 0 atom stereocenters. The first-order valence-electron chi connectivity index (χ1n) is 10.3. The van der Waals surface area contributed by atoms with Crippen LogP contribution in [0, 0.1) is 13.8 Å². The highest BCUT2D eigenvalue weighted by Crippen LogP contribution is 2.20. The fourth-order valence-corrected chi connectivity index (χ4v) is 3.56. The minimum absolute atomic E-state index is 0.234. The number of aryl methyl sites for hydroxylation is 2. The van der Waals surface area contributed by atoms with Crippen molar-refractivity contribution in [3.05, 3.63) is 46.7 Å². The van der Waals surface area contributed by atoms with Gasteiger partial charge >= 0.3 is 6.09 Å². The molecule has 170 valence electrons. The van der Waals surface area contributed by atoms with Crippen molar-refractivity contribution in [2.24, 2.45) is 4.99 Å². The van der Waals surface area contributed by atoms with Gasteiger partial charge in [0.05, 0.1) is 17.3 Å². The molecular formula is C21H26ClN7O2S. The molecule has 1 aliphatic heterocycles. The number of hydrogen-bond acceptors (Lipinski definition) is 5. The van der Waals surface area contributed by atoms with Gasteiger partial charge in [0, 0.05) is 37.6 Å². The number of benzene rings is 1. The lowest BCUT2D eigenvalue weighted by atomic mass is 10.3. The SMILES string of the molecule is CCOC(=O)N1CCN(/C(=N\C(=S)Nc2ccccc2Cl)Nc2nc(C)cc(C)n2)CC1. The van der Waals surface area contributed by atoms with Gasteiger partial charge in [-0.25, -0.2) is 14.8 Å². The second-order valence-corrected chi connectivity index (χ2v) is 7.91. The topological polar surface area (TPSA) is 95.0 Å². The first kappa shape index (κ1) is 23.7. The fourth-order valence-electron chi connectivity index (χ4n) is 3.18. The van der Waals surface area contributed by atoms with Crippen LogP contribution in [0.25, 0.3) is 0 Å². The van der Waals surface area contributed by atoms with Gasteiger partial charge in [-0.1, -0.05) is 23.7 Å². The van der Waals surface area contributed by atoms with E-state index in [1.165, 1.54) is 0 Å². The van der Waals surface area contributed by atoms with Crippen molar-refractivity contribution in [3.8, 4) is 0 Å². The van der Waals surface area contributed by atoms with Crippen molar-refractivity contribution in [2.45, 2.75) is 20.8 Å². The number of hydrogen-bond donors (Lipinski definition) is 2. The summed E-state index contributed by atoms with van der Waals surface area (Å²) in [5, 5.41) is 7.02. The van der Waals surface area contributed by atoms with Gasteiger partial charge in [-0.15, -0.1) is 0 Å². The van der Waals surface area contributed by atoms with E-state index in [2.05, 4.69) is 25.6 Å². The molecular weight excluding hydrogens is 450 g/mol. The second-order valence-electron chi connectivity index (χ2n) is 7.12. The molecule has 0 bridgehead atoms. The maximum absolute atomic E-state index is 12.0. The summed E-state index contributed by atoms with van der Waals surface area (Å²) < 4.78 is 5.10. The smallest absolute Gasteiger partial charge is 0.409 e. The number of nitrogens with one attached hydrogen (secondary N) is 2. The largest absolute Gasteiger partial charge is 0.450 e. The molecule has 2 N–H and O–H groups in total. The van der Waals surface area contributed by atoms with Crippen LogP contribution in [-0.2, 0) is 4.74 Å². The lowest BCUT2D eigenvalue weighted by Crippen LogP contribution is -2.52. The summed E-state index contributed by atoms with van der Waals surface area (Å²) >= 11 is 11.7. The normalized spacial score (nSPS) is 14.2. The number of rotatable bonds is 3. The van der Waals surface area contributed by atoms with Crippen molar-refractivity contribution in [3.63, 3.8) is 0 Å². The van der Waals surface area contributed by atoms with E-state index in [1.807, 2.05) is 43.0 Å². The van der Waals surface area contributed by atoms with Crippen molar-refractivity contribution >= 4 is 52.6 Å². The molecule has 1 fully saturated rings. The Morgan fingerprint density at radius 3 is 2.38 bits per heavy atom. The Bertz CT molecular complexity index is 989. The van der Waals surface area contributed by atoms with E-state index >= 15 is 0 Å².